The molecule has 6 heteroatoms. The van der Waals surface area contributed by atoms with E-state index in [1.165, 1.54) is 24.5 Å². The number of nitrogens with two attached hydrogens (primary N) is 1. The normalized spacial score (nSPS) is 10.2. The van der Waals surface area contributed by atoms with Crippen LogP contribution in [0.15, 0.2) is 30.6 Å². The van der Waals surface area contributed by atoms with Gasteiger partial charge in [-0.15, -0.1) is 0 Å². The second-order valence-corrected chi connectivity index (χ2v) is 4.15. The van der Waals surface area contributed by atoms with E-state index in [-0.39, 0.29) is 22.9 Å². The lowest BCUT2D eigenvalue weighted by Crippen LogP contribution is -2.08. The number of anilines is 1. The number of halogens is 2. The summed E-state index contributed by atoms with van der Waals surface area (Å²) < 4.78 is 0. The lowest BCUT2D eigenvalue weighted by molar-refractivity contribution is 0.103. The Kier molecular flexibility index (Phi) is 3.26. The number of hydrogen-bond donors (Lipinski definition) is 1. The Bertz CT molecular complexity index is 569. The molecule has 0 amide bonds. The van der Waals surface area contributed by atoms with E-state index in [0.29, 0.717) is 10.0 Å². The minimum atomic E-state index is -0.339. The average molecular weight is 268 g/mol. The number of aromatic nitrogens is 2. The van der Waals surface area contributed by atoms with Crippen LogP contribution in [-0.2, 0) is 0 Å². The molecular formula is C11H7Cl2N3O. The van der Waals surface area contributed by atoms with Gasteiger partial charge in [0.15, 0.2) is 0 Å². The number of pyridine rings is 2. The number of ketones is 1. The van der Waals surface area contributed by atoms with Crippen LogP contribution >= 0.6 is 23.2 Å². The summed E-state index contributed by atoms with van der Waals surface area (Å²) >= 11 is 11.4. The van der Waals surface area contributed by atoms with Gasteiger partial charge in [0, 0.05) is 12.4 Å². The molecule has 0 radical (unpaired) electrons. The zero-order valence-electron chi connectivity index (χ0n) is 8.52. The molecule has 0 aromatic carbocycles. The molecule has 0 aliphatic rings. The van der Waals surface area contributed by atoms with Crippen molar-refractivity contribution in [2.24, 2.45) is 0 Å². The van der Waals surface area contributed by atoms with E-state index in [1.807, 2.05) is 0 Å². The van der Waals surface area contributed by atoms with Crippen molar-refractivity contribution in [2.45, 2.75) is 0 Å². The molecule has 17 heavy (non-hydrogen) atoms. The standard InChI is InChI=1S/C11H7Cl2N3O/c12-6-1-2-9(15-4-6)10(17)8-3-7(13)5-16-11(8)14/h1-5H,(H2,14,16). The molecule has 0 fully saturated rings. The Labute approximate surface area is 107 Å². The molecule has 0 saturated heterocycles. The molecule has 2 aromatic heterocycles. The van der Waals surface area contributed by atoms with Crippen molar-refractivity contribution < 1.29 is 4.79 Å². The molecule has 2 rings (SSSR count). The molecule has 0 spiro atoms. The number of hydrogen-bond acceptors (Lipinski definition) is 4. The fraction of sp³-hybridized carbons (Fsp3) is 0. The van der Waals surface area contributed by atoms with Crippen molar-refractivity contribution in [2.75, 3.05) is 5.73 Å². The molecule has 2 N–H and O–H groups in total. The van der Waals surface area contributed by atoms with Crippen LogP contribution in [0.1, 0.15) is 16.1 Å². The summed E-state index contributed by atoms with van der Waals surface area (Å²) in [7, 11) is 0. The smallest absolute Gasteiger partial charge is 0.215 e. The highest BCUT2D eigenvalue weighted by molar-refractivity contribution is 6.31. The monoisotopic (exact) mass is 267 g/mol. The first-order valence-electron chi connectivity index (χ1n) is 4.65. The summed E-state index contributed by atoms with van der Waals surface area (Å²) in [5.41, 5.74) is 6.08. The SMILES string of the molecule is Nc1ncc(Cl)cc1C(=O)c1ccc(Cl)cn1. The predicted molar refractivity (Wildman–Crippen MR) is 66.3 cm³/mol. The van der Waals surface area contributed by atoms with E-state index >= 15 is 0 Å². The van der Waals surface area contributed by atoms with Crippen LogP contribution in [0.4, 0.5) is 5.82 Å². The molecule has 86 valence electrons. The minimum Gasteiger partial charge on any atom is -0.383 e. The highest BCUT2D eigenvalue weighted by atomic mass is 35.5. The second kappa shape index (κ2) is 4.69. The first-order valence-corrected chi connectivity index (χ1v) is 5.41. The summed E-state index contributed by atoms with van der Waals surface area (Å²) in [4.78, 5) is 19.8. The fourth-order valence-corrected chi connectivity index (χ4v) is 1.55. The van der Waals surface area contributed by atoms with E-state index in [0.717, 1.165) is 0 Å². The molecule has 4 nitrogen and oxygen atoms in total. The van der Waals surface area contributed by atoms with Crippen molar-refractivity contribution in [1.29, 1.82) is 0 Å². The fourth-order valence-electron chi connectivity index (χ4n) is 1.28. The third-order valence-electron chi connectivity index (χ3n) is 2.09. The second-order valence-electron chi connectivity index (χ2n) is 3.28. The Morgan fingerprint density at radius 3 is 2.47 bits per heavy atom. The van der Waals surface area contributed by atoms with Gasteiger partial charge < -0.3 is 5.73 Å². The van der Waals surface area contributed by atoms with Gasteiger partial charge in [0.25, 0.3) is 0 Å². The molecule has 0 aliphatic heterocycles. The van der Waals surface area contributed by atoms with Gasteiger partial charge in [-0.3, -0.25) is 9.78 Å². The summed E-state index contributed by atoms with van der Waals surface area (Å²) in [5.74, 6) is -0.217. The predicted octanol–water partition coefficient (Wildman–Crippen LogP) is 2.60. The third-order valence-corrected chi connectivity index (χ3v) is 2.52. The van der Waals surface area contributed by atoms with Gasteiger partial charge in [0.2, 0.25) is 5.78 Å². The number of carbonyl (C=O) groups excluding carboxylic acids is 1. The van der Waals surface area contributed by atoms with Crippen LogP contribution in [0, 0.1) is 0 Å². The number of nitrogen functional groups attached to an aromatic ring is 1. The molecule has 2 aromatic rings. The van der Waals surface area contributed by atoms with Gasteiger partial charge in [-0.25, -0.2) is 4.98 Å². The van der Waals surface area contributed by atoms with Crippen LogP contribution in [0.5, 0.6) is 0 Å². The van der Waals surface area contributed by atoms with E-state index in [9.17, 15) is 4.79 Å². The quantitative estimate of drug-likeness (QED) is 0.850. The summed E-state index contributed by atoms with van der Waals surface area (Å²) in [5, 5.41) is 0.801. The van der Waals surface area contributed by atoms with Crippen LogP contribution in [0.25, 0.3) is 0 Å². The zero-order valence-corrected chi connectivity index (χ0v) is 10.0. The Morgan fingerprint density at radius 2 is 1.82 bits per heavy atom. The van der Waals surface area contributed by atoms with Crippen molar-refractivity contribution in [3.05, 3.63) is 51.9 Å². The van der Waals surface area contributed by atoms with Gasteiger partial charge in [0.1, 0.15) is 11.5 Å². The number of rotatable bonds is 2. The molecule has 0 atom stereocenters. The Balaban J connectivity index is 2.43. The van der Waals surface area contributed by atoms with Gasteiger partial charge in [-0.05, 0) is 18.2 Å². The molecular weight excluding hydrogens is 261 g/mol. The maximum Gasteiger partial charge on any atom is 0.215 e. The largest absolute Gasteiger partial charge is 0.383 e. The van der Waals surface area contributed by atoms with Gasteiger partial charge in [-0.1, -0.05) is 23.2 Å². The lowest BCUT2D eigenvalue weighted by Gasteiger charge is -2.03. The number of carbonyl (C=O) groups is 1. The summed E-state index contributed by atoms with van der Waals surface area (Å²) in [6, 6.07) is 4.56. The molecule has 0 bridgehead atoms. The highest BCUT2D eigenvalue weighted by Gasteiger charge is 2.15. The lowest BCUT2D eigenvalue weighted by atomic mass is 10.1. The summed E-state index contributed by atoms with van der Waals surface area (Å²) in [6.45, 7) is 0. The highest BCUT2D eigenvalue weighted by Crippen LogP contribution is 2.18. The maximum atomic E-state index is 12.0. The maximum absolute atomic E-state index is 12.0. The van der Waals surface area contributed by atoms with Crippen molar-refractivity contribution in [1.82, 2.24) is 9.97 Å². The third kappa shape index (κ3) is 2.54. The van der Waals surface area contributed by atoms with Gasteiger partial charge in [-0.2, -0.15) is 0 Å². The van der Waals surface area contributed by atoms with Crippen LogP contribution in [0.2, 0.25) is 10.0 Å². The van der Waals surface area contributed by atoms with E-state index in [1.54, 1.807) is 6.07 Å². The van der Waals surface area contributed by atoms with Crippen molar-refractivity contribution in [3.8, 4) is 0 Å². The van der Waals surface area contributed by atoms with Gasteiger partial charge >= 0.3 is 0 Å². The molecule has 2 heterocycles. The summed E-state index contributed by atoms with van der Waals surface area (Å²) in [6.07, 6.45) is 2.77. The Hall–Kier alpha value is -1.65. The van der Waals surface area contributed by atoms with Gasteiger partial charge in [0.05, 0.1) is 15.6 Å². The van der Waals surface area contributed by atoms with Crippen molar-refractivity contribution in [3.63, 3.8) is 0 Å². The van der Waals surface area contributed by atoms with Crippen LogP contribution < -0.4 is 5.73 Å². The molecule has 0 aliphatic carbocycles. The zero-order chi connectivity index (χ0) is 12.4. The van der Waals surface area contributed by atoms with E-state index < -0.39 is 0 Å². The Morgan fingerprint density at radius 1 is 1.12 bits per heavy atom. The number of nitrogens with zero attached hydrogens (tertiary/aromatic N) is 2. The first kappa shape index (κ1) is 11.8. The first-order chi connectivity index (χ1) is 8.08. The van der Waals surface area contributed by atoms with Crippen LogP contribution in [-0.4, -0.2) is 15.8 Å². The average Bonchev–Trinajstić information content (AvgIpc) is 2.32. The molecule has 0 unspecified atom stereocenters. The topological polar surface area (TPSA) is 68.9 Å². The van der Waals surface area contributed by atoms with E-state index in [2.05, 4.69) is 9.97 Å². The van der Waals surface area contributed by atoms with E-state index in [4.69, 9.17) is 28.9 Å². The molecule has 0 saturated carbocycles. The minimum absolute atomic E-state index is 0.121. The van der Waals surface area contributed by atoms with Crippen molar-refractivity contribution >= 4 is 34.8 Å². The van der Waals surface area contributed by atoms with Crippen LogP contribution in [0.3, 0.4) is 0 Å².